The molecule has 0 amide bonds. The Labute approximate surface area is 167 Å². The van der Waals surface area contributed by atoms with Crippen molar-refractivity contribution < 1.29 is 4.39 Å². The predicted molar refractivity (Wildman–Crippen MR) is 109 cm³/mol. The predicted octanol–water partition coefficient (Wildman–Crippen LogP) is 3.61. The summed E-state index contributed by atoms with van der Waals surface area (Å²) in [5, 5.41) is 15.6. The number of aromatic nitrogens is 4. The fraction of sp³-hybridized carbons (Fsp3) is 0.278. The molecule has 0 fully saturated rings. The lowest BCUT2D eigenvalue weighted by atomic mass is 10.2. The van der Waals surface area contributed by atoms with Gasteiger partial charge in [-0.25, -0.2) is 4.39 Å². The minimum atomic E-state index is -0.350. The zero-order valence-electron chi connectivity index (χ0n) is 14.8. The van der Waals surface area contributed by atoms with Crippen LogP contribution >= 0.6 is 23.8 Å². The number of benzene rings is 1. The van der Waals surface area contributed by atoms with Crippen LogP contribution in [-0.2, 0) is 13.1 Å². The molecule has 0 aliphatic heterocycles. The fourth-order valence-corrected chi connectivity index (χ4v) is 2.98. The second-order valence-electron chi connectivity index (χ2n) is 6.11. The van der Waals surface area contributed by atoms with E-state index in [-0.39, 0.29) is 12.4 Å². The van der Waals surface area contributed by atoms with Gasteiger partial charge in [-0.3, -0.25) is 9.36 Å². The van der Waals surface area contributed by atoms with Crippen LogP contribution in [0.25, 0.3) is 0 Å². The molecule has 2 heterocycles. The zero-order valence-corrected chi connectivity index (χ0v) is 16.4. The van der Waals surface area contributed by atoms with Crippen LogP contribution in [0.2, 0.25) is 5.02 Å². The van der Waals surface area contributed by atoms with Crippen LogP contribution in [0.3, 0.4) is 0 Å². The molecule has 1 aromatic carbocycles. The Morgan fingerprint density at radius 2 is 2.15 bits per heavy atom. The summed E-state index contributed by atoms with van der Waals surface area (Å²) in [7, 11) is 0. The second-order valence-corrected chi connectivity index (χ2v) is 6.93. The van der Waals surface area contributed by atoms with Crippen molar-refractivity contribution in [3.05, 3.63) is 64.8 Å². The second kappa shape index (κ2) is 8.96. The van der Waals surface area contributed by atoms with E-state index in [0.29, 0.717) is 21.5 Å². The van der Waals surface area contributed by atoms with E-state index in [2.05, 4.69) is 20.8 Å². The molecule has 2 N–H and O–H groups in total. The number of nitrogens with one attached hydrogen (secondary N) is 2. The van der Waals surface area contributed by atoms with Crippen molar-refractivity contribution >= 4 is 34.7 Å². The van der Waals surface area contributed by atoms with Gasteiger partial charge in [-0.05, 0) is 43.3 Å². The van der Waals surface area contributed by atoms with E-state index < -0.39 is 0 Å². The van der Waals surface area contributed by atoms with Gasteiger partial charge < -0.3 is 10.6 Å². The highest BCUT2D eigenvalue weighted by Gasteiger charge is 2.09. The standard InChI is InChI=1S/C18H20ClFN6S/c1-13-10-22-25(11-13)8-3-7-21-18(27)23-17-6-9-26(24-17)12-14-15(19)4-2-5-16(14)20/h2,4-6,9-11H,3,7-8,12H2,1H3,(H2,21,23,24,27). The number of aryl methyl sites for hydroxylation is 2. The lowest BCUT2D eigenvalue weighted by Crippen LogP contribution is -2.30. The van der Waals surface area contributed by atoms with Gasteiger partial charge in [0.25, 0.3) is 0 Å². The van der Waals surface area contributed by atoms with Crippen molar-refractivity contribution in [2.75, 3.05) is 11.9 Å². The quantitative estimate of drug-likeness (QED) is 0.463. The summed E-state index contributed by atoms with van der Waals surface area (Å²) in [5.74, 6) is 0.236. The Kier molecular flexibility index (Phi) is 6.41. The Bertz CT molecular complexity index is 902. The lowest BCUT2D eigenvalue weighted by molar-refractivity contribution is 0.573. The fourth-order valence-electron chi connectivity index (χ4n) is 2.55. The van der Waals surface area contributed by atoms with Crippen molar-refractivity contribution in [1.29, 1.82) is 0 Å². The van der Waals surface area contributed by atoms with Gasteiger partial charge in [-0.1, -0.05) is 17.7 Å². The van der Waals surface area contributed by atoms with Crippen LogP contribution in [0.15, 0.2) is 42.9 Å². The molecular weight excluding hydrogens is 387 g/mol. The minimum Gasteiger partial charge on any atom is -0.362 e. The van der Waals surface area contributed by atoms with Crippen molar-refractivity contribution in [3.63, 3.8) is 0 Å². The molecule has 27 heavy (non-hydrogen) atoms. The van der Waals surface area contributed by atoms with Gasteiger partial charge in [-0.15, -0.1) is 0 Å². The molecule has 3 rings (SSSR count). The zero-order chi connectivity index (χ0) is 19.2. The maximum atomic E-state index is 13.9. The van der Waals surface area contributed by atoms with Gasteiger partial charge in [-0.2, -0.15) is 10.2 Å². The van der Waals surface area contributed by atoms with Gasteiger partial charge in [0.1, 0.15) is 5.82 Å². The Morgan fingerprint density at radius 1 is 1.30 bits per heavy atom. The average Bonchev–Trinajstić information content (AvgIpc) is 3.24. The molecule has 0 atom stereocenters. The largest absolute Gasteiger partial charge is 0.362 e. The third-order valence-corrected chi connectivity index (χ3v) is 4.48. The summed E-state index contributed by atoms with van der Waals surface area (Å²) in [6, 6.07) is 6.39. The number of anilines is 1. The number of rotatable bonds is 7. The average molecular weight is 407 g/mol. The van der Waals surface area contributed by atoms with E-state index in [4.69, 9.17) is 23.8 Å². The number of thiocarbonyl (C=S) groups is 1. The summed E-state index contributed by atoms with van der Waals surface area (Å²) < 4.78 is 17.4. The molecule has 0 saturated carbocycles. The molecule has 6 nitrogen and oxygen atoms in total. The first-order valence-electron chi connectivity index (χ1n) is 8.51. The van der Waals surface area contributed by atoms with Crippen molar-refractivity contribution in [2.24, 2.45) is 0 Å². The van der Waals surface area contributed by atoms with Crippen LogP contribution in [0.1, 0.15) is 17.5 Å². The molecule has 2 aromatic heterocycles. The molecule has 0 spiro atoms. The van der Waals surface area contributed by atoms with Gasteiger partial charge in [0.2, 0.25) is 0 Å². The van der Waals surface area contributed by atoms with Crippen LogP contribution < -0.4 is 10.6 Å². The van der Waals surface area contributed by atoms with Gasteiger partial charge in [0, 0.05) is 42.1 Å². The van der Waals surface area contributed by atoms with Crippen molar-refractivity contribution in [2.45, 2.75) is 26.4 Å². The normalized spacial score (nSPS) is 10.8. The first-order chi connectivity index (χ1) is 13.0. The van der Waals surface area contributed by atoms with E-state index in [1.807, 2.05) is 24.0 Å². The van der Waals surface area contributed by atoms with E-state index >= 15 is 0 Å². The molecule has 0 radical (unpaired) electrons. The number of hydrogen-bond acceptors (Lipinski definition) is 3. The van der Waals surface area contributed by atoms with Crippen molar-refractivity contribution in [1.82, 2.24) is 24.9 Å². The summed E-state index contributed by atoms with van der Waals surface area (Å²) >= 11 is 11.3. The van der Waals surface area contributed by atoms with E-state index in [1.165, 1.54) is 6.07 Å². The van der Waals surface area contributed by atoms with Gasteiger partial charge in [0.05, 0.1) is 12.7 Å². The topological polar surface area (TPSA) is 59.7 Å². The monoisotopic (exact) mass is 406 g/mol. The Hall–Kier alpha value is -2.45. The first-order valence-corrected chi connectivity index (χ1v) is 9.30. The first kappa shape index (κ1) is 19.3. The smallest absolute Gasteiger partial charge is 0.171 e. The van der Waals surface area contributed by atoms with E-state index in [1.54, 1.807) is 29.1 Å². The third-order valence-electron chi connectivity index (χ3n) is 3.88. The highest BCUT2D eigenvalue weighted by atomic mass is 35.5. The number of nitrogens with zero attached hydrogens (tertiary/aromatic N) is 4. The highest BCUT2D eigenvalue weighted by molar-refractivity contribution is 7.80. The van der Waals surface area contributed by atoms with Crippen LogP contribution in [0, 0.1) is 12.7 Å². The lowest BCUT2D eigenvalue weighted by Gasteiger charge is -2.09. The molecule has 142 valence electrons. The third kappa shape index (κ3) is 5.51. The minimum absolute atomic E-state index is 0.247. The van der Waals surface area contributed by atoms with E-state index in [9.17, 15) is 4.39 Å². The molecule has 0 saturated heterocycles. The van der Waals surface area contributed by atoms with Gasteiger partial charge >= 0.3 is 0 Å². The molecule has 0 bridgehead atoms. The molecule has 0 aliphatic rings. The van der Waals surface area contributed by atoms with Crippen LogP contribution in [0.5, 0.6) is 0 Å². The van der Waals surface area contributed by atoms with Crippen molar-refractivity contribution in [3.8, 4) is 0 Å². The highest BCUT2D eigenvalue weighted by Crippen LogP contribution is 2.20. The van der Waals surface area contributed by atoms with E-state index in [0.717, 1.165) is 25.1 Å². The number of hydrogen-bond donors (Lipinski definition) is 2. The summed E-state index contributed by atoms with van der Waals surface area (Å²) in [4.78, 5) is 0. The van der Waals surface area contributed by atoms with Crippen LogP contribution in [0.4, 0.5) is 10.2 Å². The number of halogens is 2. The van der Waals surface area contributed by atoms with Crippen LogP contribution in [-0.4, -0.2) is 31.2 Å². The summed E-state index contributed by atoms with van der Waals surface area (Å²) in [6.45, 7) is 3.80. The molecular formula is C18H20ClFN6S. The maximum Gasteiger partial charge on any atom is 0.171 e. The summed E-state index contributed by atoms with van der Waals surface area (Å²) in [6.07, 6.45) is 6.48. The summed E-state index contributed by atoms with van der Waals surface area (Å²) in [5.41, 5.74) is 1.55. The Morgan fingerprint density at radius 3 is 2.89 bits per heavy atom. The molecule has 3 aromatic rings. The molecule has 0 aliphatic carbocycles. The molecule has 0 unspecified atom stereocenters. The SMILES string of the molecule is Cc1cnn(CCCNC(=S)Nc2ccn(Cc3c(F)cccc3Cl)n2)c1. The van der Waals surface area contributed by atoms with Gasteiger partial charge in [0.15, 0.2) is 10.9 Å². The Balaban J connectivity index is 1.45. The maximum absolute atomic E-state index is 13.9. The molecule has 9 heteroatoms.